The number of sulfonamides is 1. The van der Waals surface area contributed by atoms with E-state index in [0.29, 0.717) is 0 Å². The second-order valence-electron chi connectivity index (χ2n) is 4.68. The molecule has 116 valence electrons. The van der Waals surface area contributed by atoms with Gasteiger partial charge in [-0.2, -0.15) is 4.31 Å². The van der Waals surface area contributed by atoms with Crippen molar-refractivity contribution in [3.8, 4) is 0 Å². The van der Waals surface area contributed by atoms with E-state index in [1.807, 2.05) is 0 Å². The third-order valence-corrected chi connectivity index (χ3v) is 4.99. The van der Waals surface area contributed by atoms with Gasteiger partial charge in [0, 0.05) is 12.1 Å². The fourth-order valence-electron chi connectivity index (χ4n) is 2.25. The summed E-state index contributed by atoms with van der Waals surface area (Å²) in [5.41, 5.74) is -0.499. The molecule has 3 rings (SSSR count). The van der Waals surface area contributed by atoms with E-state index in [1.165, 1.54) is 30.3 Å². The Hall–Kier alpha value is -3.07. The first kappa shape index (κ1) is 14.9. The number of carbonyl (C=O) groups is 2. The molecule has 1 aliphatic heterocycles. The minimum atomic E-state index is -4.53. The van der Waals surface area contributed by atoms with Crippen LogP contribution in [0.4, 0.5) is 5.69 Å². The van der Waals surface area contributed by atoms with Crippen molar-refractivity contribution in [3.05, 3.63) is 69.8 Å². The maximum Gasteiger partial charge on any atom is 0.275 e. The first-order chi connectivity index (χ1) is 10.8. The molecule has 0 saturated carbocycles. The Labute approximate surface area is 130 Å². The van der Waals surface area contributed by atoms with Crippen molar-refractivity contribution in [3.63, 3.8) is 0 Å². The molecule has 23 heavy (non-hydrogen) atoms. The summed E-state index contributed by atoms with van der Waals surface area (Å²) < 4.78 is 25.3. The van der Waals surface area contributed by atoms with E-state index in [9.17, 15) is 28.1 Å². The topological polar surface area (TPSA) is 115 Å². The van der Waals surface area contributed by atoms with Crippen molar-refractivity contribution >= 4 is 27.5 Å². The van der Waals surface area contributed by atoms with Crippen molar-refractivity contribution in [2.45, 2.75) is 4.90 Å². The Morgan fingerprint density at radius 1 is 0.913 bits per heavy atom. The van der Waals surface area contributed by atoms with E-state index in [2.05, 4.69) is 0 Å². The monoisotopic (exact) mass is 332 g/mol. The molecule has 0 bridgehead atoms. The molecule has 9 heteroatoms. The average molecular weight is 332 g/mol. The summed E-state index contributed by atoms with van der Waals surface area (Å²) >= 11 is 0. The Kier molecular flexibility index (Phi) is 3.22. The molecular weight excluding hydrogens is 324 g/mol. The Morgan fingerprint density at radius 2 is 1.48 bits per heavy atom. The average Bonchev–Trinajstić information content (AvgIpc) is 2.80. The molecule has 2 aromatic carbocycles. The number of rotatable bonds is 3. The number of nitrogens with zero attached hydrogens (tertiary/aromatic N) is 2. The number of benzene rings is 2. The predicted octanol–water partition coefficient (Wildman–Crippen LogP) is 1.58. The number of imide groups is 1. The van der Waals surface area contributed by atoms with Crippen LogP contribution in [0.15, 0.2) is 53.4 Å². The fraction of sp³-hybridized carbons (Fsp3) is 0. The number of nitro groups is 1. The smallest absolute Gasteiger partial charge is 0.267 e. The fourth-order valence-corrected chi connectivity index (χ4v) is 3.61. The van der Waals surface area contributed by atoms with Gasteiger partial charge in [-0.1, -0.05) is 18.2 Å². The summed E-state index contributed by atoms with van der Waals surface area (Å²) in [6.07, 6.45) is 0. The van der Waals surface area contributed by atoms with Crippen LogP contribution in [0.5, 0.6) is 0 Å². The van der Waals surface area contributed by atoms with Crippen molar-refractivity contribution in [1.29, 1.82) is 0 Å². The van der Waals surface area contributed by atoms with E-state index in [0.717, 1.165) is 18.2 Å². The van der Waals surface area contributed by atoms with E-state index in [1.54, 1.807) is 0 Å². The Bertz CT molecular complexity index is 932. The second kappa shape index (κ2) is 4.99. The van der Waals surface area contributed by atoms with Crippen LogP contribution in [0, 0.1) is 10.1 Å². The first-order valence-corrected chi connectivity index (χ1v) is 7.75. The van der Waals surface area contributed by atoms with Gasteiger partial charge in [-0.3, -0.25) is 19.7 Å². The molecule has 0 N–H and O–H groups in total. The summed E-state index contributed by atoms with van der Waals surface area (Å²) in [4.78, 5) is 34.0. The summed E-state index contributed by atoms with van der Waals surface area (Å²) in [6, 6.07) is 9.88. The highest BCUT2D eigenvalue weighted by Crippen LogP contribution is 2.29. The molecule has 0 aliphatic carbocycles. The van der Waals surface area contributed by atoms with Crippen molar-refractivity contribution in [2.24, 2.45) is 0 Å². The Morgan fingerprint density at radius 3 is 2.00 bits per heavy atom. The lowest BCUT2D eigenvalue weighted by molar-refractivity contribution is -0.385. The molecule has 1 heterocycles. The molecule has 0 atom stereocenters. The van der Waals surface area contributed by atoms with Crippen molar-refractivity contribution < 1.29 is 22.9 Å². The minimum Gasteiger partial charge on any atom is -0.267 e. The maximum absolute atomic E-state index is 12.6. The SMILES string of the molecule is O=C1c2ccccc2C(=O)N1S(=O)(=O)c1cccc([N+](=O)[O-])c1. The quantitative estimate of drug-likeness (QED) is 0.479. The number of hydrogen-bond donors (Lipinski definition) is 0. The number of amides is 2. The van der Waals surface area contributed by atoms with Gasteiger partial charge in [-0.15, -0.1) is 0 Å². The Balaban J connectivity index is 2.12. The zero-order valence-corrected chi connectivity index (χ0v) is 12.2. The normalized spacial score (nSPS) is 14.0. The highest BCUT2D eigenvalue weighted by Gasteiger charge is 2.44. The summed E-state index contributed by atoms with van der Waals surface area (Å²) in [5.74, 6) is -1.95. The van der Waals surface area contributed by atoms with Crippen molar-refractivity contribution in [1.82, 2.24) is 4.31 Å². The van der Waals surface area contributed by atoms with Crippen LogP contribution in [0.3, 0.4) is 0 Å². The molecule has 0 unspecified atom stereocenters. The van der Waals surface area contributed by atoms with E-state index < -0.39 is 37.3 Å². The lowest BCUT2D eigenvalue weighted by Crippen LogP contribution is -2.36. The van der Waals surface area contributed by atoms with Crippen LogP contribution in [0.25, 0.3) is 0 Å². The summed E-state index contributed by atoms with van der Waals surface area (Å²) in [6.45, 7) is 0. The molecule has 8 nitrogen and oxygen atoms in total. The summed E-state index contributed by atoms with van der Waals surface area (Å²) in [7, 11) is -4.53. The lowest BCUT2D eigenvalue weighted by Gasteiger charge is -2.14. The van der Waals surface area contributed by atoms with Gasteiger partial charge in [0.15, 0.2) is 0 Å². The second-order valence-corrected chi connectivity index (χ2v) is 6.47. The lowest BCUT2D eigenvalue weighted by atomic mass is 10.1. The van der Waals surface area contributed by atoms with Crippen molar-refractivity contribution in [2.75, 3.05) is 0 Å². The van der Waals surface area contributed by atoms with Crippen LogP contribution < -0.4 is 0 Å². The minimum absolute atomic E-state index is 0.0218. The van der Waals surface area contributed by atoms with Gasteiger partial charge in [0.1, 0.15) is 0 Å². The number of fused-ring (bicyclic) bond motifs is 1. The third kappa shape index (κ3) is 2.18. The van der Waals surface area contributed by atoms with Gasteiger partial charge in [-0.05, 0) is 18.2 Å². The van der Waals surface area contributed by atoms with Gasteiger partial charge in [0.25, 0.3) is 27.5 Å². The van der Waals surface area contributed by atoms with Crippen LogP contribution in [-0.4, -0.2) is 29.5 Å². The summed E-state index contributed by atoms with van der Waals surface area (Å²) in [5, 5.41) is 10.8. The third-order valence-electron chi connectivity index (χ3n) is 3.32. The number of carbonyl (C=O) groups excluding carboxylic acids is 2. The van der Waals surface area contributed by atoms with Gasteiger partial charge < -0.3 is 0 Å². The van der Waals surface area contributed by atoms with Gasteiger partial charge in [0.05, 0.1) is 20.9 Å². The highest BCUT2D eigenvalue weighted by atomic mass is 32.2. The first-order valence-electron chi connectivity index (χ1n) is 6.31. The molecule has 0 radical (unpaired) electrons. The van der Waals surface area contributed by atoms with Gasteiger partial charge >= 0.3 is 0 Å². The largest absolute Gasteiger partial charge is 0.275 e. The highest BCUT2D eigenvalue weighted by molar-refractivity contribution is 7.90. The van der Waals surface area contributed by atoms with E-state index >= 15 is 0 Å². The maximum atomic E-state index is 12.6. The number of nitro benzene ring substituents is 1. The van der Waals surface area contributed by atoms with E-state index in [4.69, 9.17) is 0 Å². The van der Waals surface area contributed by atoms with Gasteiger partial charge in [0.2, 0.25) is 0 Å². The zero-order valence-electron chi connectivity index (χ0n) is 11.4. The van der Waals surface area contributed by atoms with Crippen LogP contribution in [0.2, 0.25) is 0 Å². The molecule has 0 spiro atoms. The molecular formula is C14H8N2O6S. The van der Waals surface area contributed by atoms with Crippen LogP contribution in [0.1, 0.15) is 20.7 Å². The molecule has 2 aromatic rings. The predicted molar refractivity (Wildman–Crippen MR) is 77.2 cm³/mol. The van der Waals surface area contributed by atoms with Gasteiger partial charge in [-0.25, -0.2) is 8.42 Å². The molecule has 2 amide bonds. The molecule has 0 saturated heterocycles. The standard InChI is InChI=1S/C14H8N2O6S/c17-13-11-6-1-2-7-12(11)14(18)15(13)23(21,22)10-5-3-4-9(8-10)16(19)20/h1-8H. The van der Waals surface area contributed by atoms with Crippen LogP contribution in [-0.2, 0) is 10.0 Å². The molecule has 0 aromatic heterocycles. The molecule has 0 fully saturated rings. The molecule has 1 aliphatic rings. The van der Waals surface area contributed by atoms with Crippen LogP contribution >= 0.6 is 0 Å². The number of non-ortho nitro benzene ring substituents is 1. The van der Waals surface area contributed by atoms with E-state index in [-0.39, 0.29) is 15.4 Å². The number of hydrogen-bond acceptors (Lipinski definition) is 6. The zero-order chi connectivity index (χ0) is 16.8.